The average molecular weight is 366 g/mol. The van der Waals surface area contributed by atoms with Crippen LogP contribution in [0.15, 0.2) is 42.5 Å². The molecule has 0 aromatic heterocycles. The predicted octanol–water partition coefficient (Wildman–Crippen LogP) is 5.82. The molecule has 3 heteroatoms. The minimum atomic E-state index is -0.274. The third-order valence-corrected chi connectivity index (χ3v) is 5.81. The first-order chi connectivity index (χ1) is 12.7. The van der Waals surface area contributed by atoms with Crippen LogP contribution >= 0.6 is 0 Å². The number of rotatable bonds is 5. The number of hydrogen-bond donors (Lipinski definition) is 1. The van der Waals surface area contributed by atoms with Crippen molar-refractivity contribution in [3.63, 3.8) is 0 Å². The van der Waals surface area contributed by atoms with E-state index >= 15 is 0 Å². The molecule has 0 radical (unpaired) electrons. The largest absolute Gasteiger partial charge is 0.462 e. The first-order valence-electron chi connectivity index (χ1n) is 9.88. The lowest BCUT2D eigenvalue weighted by molar-refractivity contribution is 0.0526. The summed E-state index contributed by atoms with van der Waals surface area (Å²) < 4.78 is 5.03. The Morgan fingerprint density at radius 2 is 1.59 bits per heavy atom. The minimum Gasteiger partial charge on any atom is -0.462 e. The smallest absolute Gasteiger partial charge is 0.338 e. The van der Waals surface area contributed by atoms with E-state index in [9.17, 15) is 4.79 Å². The zero-order valence-corrected chi connectivity index (χ0v) is 17.2. The van der Waals surface area contributed by atoms with E-state index in [-0.39, 0.29) is 16.8 Å². The van der Waals surface area contributed by atoms with Gasteiger partial charge in [-0.25, -0.2) is 4.79 Å². The summed E-state index contributed by atoms with van der Waals surface area (Å²) >= 11 is 0. The van der Waals surface area contributed by atoms with Crippen LogP contribution in [0.25, 0.3) is 0 Å². The summed E-state index contributed by atoms with van der Waals surface area (Å²) in [6.07, 6.45) is 2.45. The van der Waals surface area contributed by atoms with Gasteiger partial charge in [0.15, 0.2) is 0 Å². The summed E-state index contributed by atoms with van der Waals surface area (Å²) in [4.78, 5) is 11.7. The van der Waals surface area contributed by atoms with Crippen LogP contribution in [0.3, 0.4) is 0 Å². The van der Waals surface area contributed by atoms with Gasteiger partial charge in [0.05, 0.1) is 12.2 Å². The zero-order chi connectivity index (χ0) is 19.7. The highest BCUT2D eigenvalue weighted by atomic mass is 16.5. The molecule has 0 atom stereocenters. The molecule has 2 aromatic carbocycles. The van der Waals surface area contributed by atoms with Crippen molar-refractivity contribution in [3.8, 4) is 0 Å². The maximum absolute atomic E-state index is 11.7. The summed E-state index contributed by atoms with van der Waals surface area (Å²) in [6.45, 7) is 12.4. The number of carbonyl (C=O) groups excluding carboxylic acids is 1. The van der Waals surface area contributed by atoms with Gasteiger partial charge in [-0.2, -0.15) is 0 Å². The number of esters is 1. The SMILES string of the molecule is CCOC(=O)c1ccc(NCc2ccc3c(c2)C(C)(C)CCC3(C)C)cc1. The highest BCUT2D eigenvalue weighted by molar-refractivity contribution is 5.89. The molecule has 2 aromatic rings. The molecule has 0 unspecified atom stereocenters. The molecule has 0 aliphatic heterocycles. The van der Waals surface area contributed by atoms with Gasteiger partial charge in [0, 0.05) is 12.2 Å². The Hall–Kier alpha value is -2.29. The molecule has 0 heterocycles. The second-order valence-electron chi connectivity index (χ2n) is 8.80. The van der Waals surface area contributed by atoms with Crippen LogP contribution in [-0.2, 0) is 22.1 Å². The molecule has 0 amide bonds. The number of hydrogen-bond acceptors (Lipinski definition) is 3. The van der Waals surface area contributed by atoms with Crippen LogP contribution in [0.1, 0.15) is 74.5 Å². The summed E-state index contributed by atoms with van der Waals surface area (Å²) in [5.41, 5.74) is 6.31. The monoisotopic (exact) mass is 365 g/mol. The fourth-order valence-corrected chi connectivity index (χ4v) is 3.89. The topological polar surface area (TPSA) is 38.3 Å². The normalized spacial score (nSPS) is 17.1. The van der Waals surface area contributed by atoms with E-state index in [0.29, 0.717) is 12.2 Å². The molecule has 0 fully saturated rings. The summed E-state index contributed by atoms with van der Waals surface area (Å²) in [5.74, 6) is -0.274. The van der Waals surface area contributed by atoms with E-state index in [2.05, 4.69) is 51.2 Å². The Morgan fingerprint density at radius 3 is 2.22 bits per heavy atom. The summed E-state index contributed by atoms with van der Waals surface area (Å²) in [7, 11) is 0. The van der Waals surface area contributed by atoms with Gasteiger partial charge in [-0.1, -0.05) is 45.9 Å². The van der Waals surface area contributed by atoms with E-state index in [0.717, 1.165) is 12.2 Å². The third kappa shape index (κ3) is 4.18. The van der Waals surface area contributed by atoms with Gasteiger partial charge >= 0.3 is 5.97 Å². The quantitative estimate of drug-likeness (QED) is 0.678. The summed E-state index contributed by atoms with van der Waals surface area (Å²) in [5, 5.41) is 3.46. The van der Waals surface area contributed by atoms with Crippen molar-refractivity contribution >= 4 is 11.7 Å². The Morgan fingerprint density at radius 1 is 0.963 bits per heavy atom. The Balaban J connectivity index is 1.73. The Kier molecular flexibility index (Phi) is 5.32. The van der Waals surface area contributed by atoms with Gasteiger partial charge in [0.25, 0.3) is 0 Å². The van der Waals surface area contributed by atoms with Gasteiger partial charge < -0.3 is 10.1 Å². The van der Waals surface area contributed by atoms with E-state index in [1.54, 1.807) is 12.1 Å². The standard InChI is InChI=1S/C24H31NO2/c1-6-27-22(26)18-8-10-19(11-9-18)25-16-17-7-12-20-21(15-17)24(4,5)14-13-23(20,2)3/h7-12,15,25H,6,13-14,16H2,1-5H3. The molecule has 3 rings (SSSR count). The molecule has 1 aliphatic carbocycles. The molecule has 0 saturated carbocycles. The van der Waals surface area contributed by atoms with Gasteiger partial charge in [-0.05, 0) is 71.6 Å². The molecule has 144 valence electrons. The number of nitrogens with one attached hydrogen (secondary N) is 1. The van der Waals surface area contributed by atoms with Gasteiger partial charge in [0.2, 0.25) is 0 Å². The van der Waals surface area contributed by atoms with Crippen molar-refractivity contribution in [2.24, 2.45) is 0 Å². The first-order valence-corrected chi connectivity index (χ1v) is 9.88. The molecule has 0 spiro atoms. The number of anilines is 1. The molecule has 3 nitrogen and oxygen atoms in total. The van der Waals surface area contributed by atoms with Crippen molar-refractivity contribution in [3.05, 3.63) is 64.7 Å². The summed E-state index contributed by atoms with van der Waals surface area (Å²) in [6, 6.07) is 14.4. The average Bonchev–Trinajstić information content (AvgIpc) is 2.64. The molecule has 0 bridgehead atoms. The second kappa shape index (κ2) is 7.38. The lowest BCUT2D eigenvalue weighted by Crippen LogP contribution is -2.33. The van der Waals surface area contributed by atoms with Crippen molar-refractivity contribution in [2.75, 3.05) is 11.9 Å². The number of benzene rings is 2. The van der Waals surface area contributed by atoms with E-state index < -0.39 is 0 Å². The van der Waals surface area contributed by atoms with Gasteiger partial charge in [0.1, 0.15) is 0 Å². The highest BCUT2D eigenvalue weighted by Gasteiger charge is 2.36. The van der Waals surface area contributed by atoms with Crippen molar-refractivity contribution < 1.29 is 9.53 Å². The fraction of sp³-hybridized carbons (Fsp3) is 0.458. The lowest BCUT2D eigenvalue weighted by Gasteiger charge is -2.42. The number of carbonyl (C=O) groups is 1. The molecule has 1 aliphatic rings. The second-order valence-corrected chi connectivity index (χ2v) is 8.80. The van der Waals surface area contributed by atoms with Crippen LogP contribution in [0.5, 0.6) is 0 Å². The Bertz CT molecular complexity index is 819. The fourth-order valence-electron chi connectivity index (χ4n) is 3.89. The predicted molar refractivity (Wildman–Crippen MR) is 111 cm³/mol. The lowest BCUT2D eigenvalue weighted by atomic mass is 9.63. The minimum absolute atomic E-state index is 0.224. The highest BCUT2D eigenvalue weighted by Crippen LogP contribution is 2.45. The van der Waals surface area contributed by atoms with Gasteiger partial charge in [-0.3, -0.25) is 0 Å². The van der Waals surface area contributed by atoms with Crippen LogP contribution in [0.4, 0.5) is 5.69 Å². The van der Waals surface area contributed by atoms with E-state index in [1.165, 1.54) is 29.5 Å². The molecular formula is C24H31NO2. The zero-order valence-electron chi connectivity index (χ0n) is 17.2. The van der Waals surface area contributed by atoms with Crippen molar-refractivity contribution in [1.29, 1.82) is 0 Å². The molecule has 0 saturated heterocycles. The van der Waals surface area contributed by atoms with Crippen LogP contribution in [-0.4, -0.2) is 12.6 Å². The maximum atomic E-state index is 11.7. The molecule has 1 N–H and O–H groups in total. The first kappa shape index (κ1) is 19.5. The van der Waals surface area contributed by atoms with E-state index in [1.807, 2.05) is 19.1 Å². The van der Waals surface area contributed by atoms with Crippen molar-refractivity contribution in [2.45, 2.75) is 64.8 Å². The molecular weight excluding hydrogens is 334 g/mol. The van der Waals surface area contributed by atoms with Crippen molar-refractivity contribution in [1.82, 2.24) is 0 Å². The third-order valence-electron chi connectivity index (χ3n) is 5.81. The van der Waals surface area contributed by atoms with Crippen LogP contribution in [0, 0.1) is 0 Å². The van der Waals surface area contributed by atoms with E-state index in [4.69, 9.17) is 4.74 Å². The van der Waals surface area contributed by atoms with Gasteiger partial charge in [-0.15, -0.1) is 0 Å². The number of ether oxygens (including phenoxy) is 1. The Labute approximate surface area is 163 Å². The molecule has 27 heavy (non-hydrogen) atoms. The van der Waals surface area contributed by atoms with Crippen LogP contribution in [0.2, 0.25) is 0 Å². The van der Waals surface area contributed by atoms with Crippen LogP contribution < -0.4 is 5.32 Å². The number of fused-ring (bicyclic) bond motifs is 1. The maximum Gasteiger partial charge on any atom is 0.338 e.